The van der Waals surface area contributed by atoms with Crippen LogP contribution in [-0.2, 0) is 4.79 Å². The Morgan fingerprint density at radius 3 is 2.93 bits per heavy atom. The van der Waals surface area contributed by atoms with Gasteiger partial charge in [-0.15, -0.1) is 11.3 Å². The Morgan fingerprint density at radius 1 is 1.64 bits per heavy atom. The van der Waals surface area contributed by atoms with Crippen molar-refractivity contribution in [3.63, 3.8) is 0 Å². The lowest BCUT2D eigenvalue weighted by Crippen LogP contribution is -2.13. The van der Waals surface area contributed by atoms with Crippen molar-refractivity contribution in [1.82, 2.24) is 10.3 Å². The standard InChI is InChI=1S/C9H13N3OS/c1-12(2)9-11-5-7(14-9)6-3-8(13)10-4-6/h5-6H,3-4H2,1-2H3,(H,10,13). The van der Waals surface area contributed by atoms with Crippen molar-refractivity contribution < 1.29 is 4.79 Å². The molecule has 1 aromatic heterocycles. The Labute approximate surface area is 86.9 Å². The van der Waals surface area contributed by atoms with Gasteiger partial charge >= 0.3 is 0 Å². The summed E-state index contributed by atoms with van der Waals surface area (Å²) in [7, 11) is 3.95. The molecule has 1 saturated heterocycles. The molecule has 4 nitrogen and oxygen atoms in total. The summed E-state index contributed by atoms with van der Waals surface area (Å²) in [6, 6.07) is 0. The van der Waals surface area contributed by atoms with E-state index in [0.717, 1.165) is 11.7 Å². The highest BCUT2D eigenvalue weighted by molar-refractivity contribution is 7.15. The fourth-order valence-corrected chi connectivity index (χ4v) is 2.42. The van der Waals surface area contributed by atoms with E-state index in [1.165, 1.54) is 4.88 Å². The normalized spacial score (nSPS) is 21.0. The van der Waals surface area contributed by atoms with E-state index in [2.05, 4.69) is 10.3 Å². The van der Waals surface area contributed by atoms with Crippen molar-refractivity contribution >= 4 is 22.4 Å². The van der Waals surface area contributed by atoms with Gasteiger partial charge in [-0.3, -0.25) is 4.79 Å². The van der Waals surface area contributed by atoms with Gasteiger partial charge in [-0.2, -0.15) is 0 Å². The lowest BCUT2D eigenvalue weighted by molar-refractivity contribution is -0.119. The third-order valence-electron chi connectivity index (χ3n) is 2.27. The van der Waals surface area contributed by atoms with Crippen LogP contribution in [0.4, 0.5) is 5.13 Å². The smallest absolute Gasteiger partial charge is 0.220 e. The number of anilines is 1. The average molecular weight is 211 g/mol. The molecule has 1 atom stereocenters. The molecule has 0 aromatic carbocycles. The number of hydrogen-bond donors (Lipinski definition) is 1. The molecule has 1 aromatic rings. The van der Waals surface area contributed by atoms with Crippen LogP contribution < -0.4 is 10.2 Å². The van der Waals surface area contributed by atoms with Crippen LogP contribution in [0, 0.1) is 0 Å². The summed E-state index contributed by atoms with van der Waals surface area (Å²) in [6.07, 6.45) is 2.49. The fraction of sp³-hybridized carbons (Fsp3) is 0.556. The molecule has 76 valence electrons. The quantitative estimate of drug-likeness (QED) is 0.787. The highest BCUT2D eigenvalue weighted by atomic mass is 32.1. The van der Waals surface area contributed by atoms with Crippen molar-refractivity contribution in [1.29, 1.82) is 0 Å². The van der Waals surface area contributed by atoms with E-state index in [4.69, 9.17) is 0 Å². The molecule has 1 unspecified atom stereocenters. The SMILES string of the molecule is CN(C)c1ncc(C2CNC(=O)C2)s1. The van der Waals surface area contributed by atoms with Gasteiger partial charge in [0.1, 0.15) is 0 Å². The van der Waals surface area contributed by atoms with Crippen molar-refractivity contribution in [3.8, 4) is 0 Å². The highest BCUT2D eigenvalue weighted by Gasteiger charge is 2.24. The third-order valence-corrected chi connectivity index (χ3v) is 3.60. The number of amides is 1. The van der Waals surface area contributed by atoms with Crippen LogP contribution in [-0.4, -0.2) is 31.5 Å². The first kappa shape index (κ1) is 9.45. The number of nitrogens with zero attached hydrogens (tertiary/aromatic N) is 2. The maximum Gasteiger partial charge on any atom is 0.220 e. The van der Waals surface area contributed by atoms with Gasteiger partial charge in [-0.1, -0.05) is 0 Å². The summed E-state index contributed by atoms with van der Waals surface area (Å²) in [5, 5.41) is 3.83. The molecule has 1 fully saturated rings. The van der Waals surface area contributed by atoms with Gasteiger partial charge in [-0.25, -0.2) is 4.98 Å². The van der Waals surface area contributed by atoms with Crippen LogP contribution in [0.3, 0.4) is 0 Å². The Morgan fingerprint density at radius 2 is 2.43 bits per heavy atom. The molecule has 1 N–H and O–H groups in total. The fourth-order valence-electron chi connectivity index (χ4n) is 1.48. The van der Waals surface area contributed by atoms with E-state index in [-0.39, 0.29) is 5.91 Å². The number of nitrogens with one attached hydrogen (secondary N) is 1. The van der Waals surface area contributed by atoms with Gasteiger partial charge in [0.15, 0.2) is 5.13 Å². The van der Waals surface area contributed by atoms with Crippen molar-refractivity contribution in [2.24, 2.45) is 0 Å². The van der Waals surface area contributed by atoms with E-state index < -0.39 is 0 Å². The molecule has 5 heteroatoms. The van der Waals surface area contributed by atoms with E-state index in [1.807, 2.05) is 25.2 Å². The van der Waals surface area contributed by atoms with Crippen LogP contribution in [0.5, 0.6) is 0 Å². The number of hydrogen-bond acceptors (Lipinski definition) is 4. The highest BCUT2D eigenvalue weighted by Crippen LogP contribution is 2.30. The second kappa shape index (κ2) is 3.57. The molecular weight excluding hydrogens is 198 g/mol. The Kier molecular flexibility index (Phi) is 2.41. The van der Waals surface area contributed by atoms with Crippen LogP contribution in [0.2, 0.25) is 0 Å². The predicted octanol–water partition coefficient (Wildman–Crippen LogP) is 0.813. The minimum absolute atomic E-state index is 0.148. The lowest BCUT2D eigenvalue weighted by atomic mass is 10.1. The summed E-state index contributed by atoms with van der Waals surface area (Å²) in [6.45, 7) is 0.758. The van der Waals surface area contributed by atoms with Gasteiger partial charge in [0.25, 0.3) is 0 Å². The number of carbonyl (C=O) groups is 1. The first-order valence-corrected chi connectivity index (χ1v) is 5.38. The van der Waals surface area contributed by atoms with Crippen LogP contribution in [0.15, 0.2) is 6.20 Å². The molecule has 0 bridgehead atoms. The monoisotopic (exact) mass is 211 g/mol. The number of aromatic nitrogens is 1. The Bertz CT molecular complexity index is 348. The van der Waals surface area contributed by atoms with Crippen molar-refractivity contribution in [2.75, 3.05) is 25.5 Å². The Hall–Kier alpha value is -1.10. The molecule has 2 heterocycles. The van der Waals surface area contributed by atoms with Crippen molar-refractivity contribution in [3.05, 3.63) is 11.1 Å². The molecule has 2 rings (SSSR count). The van der Waals surface area contributed by atoms with Gasteiger partial charge in [0, 0.05) is 44.1 Å². The van der Waals surface area contributed by atoms with Crippen LogP contribution in [0.25, 0.3) is 0 Å². The molecule has 0 spiro atoms. The molecule has 0 saturated carbocycles. The van der Waals surface area contributed by atoms with Crippen molar-refractivity contribution in [2.45, 2.75) is 12.3 Å². The maximum absolute atomic E-state index is 11.0. The molecule has 1 aliphatic heterocycles. The number of carbonyl (C=O) groups excluding carboxylic acids is 1. The summed E-state index contributed by atoms with van der Waals surface area (Å²) in [4.78, 5) is 18.5. The molecule has 14 heavy (non-hydrogen) atoms. The zero-order chi connectivity index (χ0) is 10.1. The van der Waals surface area contributed by atoms with E-state index >= 15 is 0 Å². The number of rotatable bonds is 2. The lowest BCUT2D eigenvalue weighted by Gasteiger charge is -2.06. The zero-order valence-corrected chi connectivity index (χ0v) is 9.10. The minimum atomic E-state index is 0.148. The first-order valence-electron chi connectivity index (χ1n) is 4.56. The van der Waals surface area contributed by atoms with Gasteiger partial charge in [-0.05, 0) is 0 Å². The number of thiazole rings is 1. The van der Waals surface area contributed by atoms with E-state index in [9.17, 15) is 4.79 Å². The van der Waals surface area contributed by atoms with Crippen LogP contribution in [0.1, 0.15) is 17.2 Å². The van der Waals surface area contributed by atoms with E-state index in [0.29, 0.717) is 12.3 Å². The molecule has 0 aliphatic carbocycles. The minimum Gasteiger partial charge on any atom is -0.355 e. The summed E-state index contributed by atoms with van der Waals surface area (Å²) in [5.74, 6) is 0.475. The second-order valence-electron chi connectivity index (χ2n) is 3.64. The summed E-state index contributed by atoms with van der Waals surface area (Å²) >= 11 is 1.66. The van der Waals surface area contributed by atoms with Gasteiger partial charge < -0.3 is 10.2 Å². The average Bonchev–Trinajstić information content (AvgIpc) is 2.70. The second-order valence-corrected chi connectivity index (χ2v) is 4.69. The predicted molar refractivity (Wildman–Crippen MR) is 56.8 cm³/mol. The van der Waals surface area contributed by atoms with Gasteiger partial charge in [0.2, 0.25) is 5.91 Å². The molecular formula is C9H13N3OS. The van der Waals surface area contributed by atoms with Crippen LogP contribution >= 0.6 is 11.3 Å². The summed E-state index contributed by atoms with van der Waals surface area (Å²) in [5.41, 5.74) is 0. The molecule has 1 amide bonds. The topological polar surface area (TPSA) is 45.2 Å². The summed E-state index contributed by atoms with van der Waals surface area (Å²) < 4.78 is 0. The third kappa shape index (κ3) is 1.72. The maximum atomic E-state index is 11.0. The zero-order valence-electron chi connectivity index (χ0n) is 8.28. The molecule has 0 radical (unpaired) electrons. The molecule has 1 aliphatic rings. The Balaban J connectivity index is 2.13. The van der Waals surface area contributed by atoms with E-state index in [1.54, 1.807) is 11.3 Å². The van der Waals surface area contributed by atoms with Gasteiger partial charge in [0.05, 0.1) is 0 Å². The largest absolute Gasteiger partial charge is 0.355 e. The first-order chi connectivity index (χ1) is 6.66.